The predicted molar refractivity (Wildman–Crippen MR) is 77.3 cm³/mol. The normalized spacial score (nSPS) is 12.1. The van der Waals surface area contributed by atoms with Gasteiger partial charge in [-0.15, -0.1) is 11.8 Å². The molecular formula is C16H16OS. The number of hydrogen-bond donors (Lipinski definition) is 0. The van der Waals surface area contributed by atoms with Crippen LogP contribution in [0, 0.1) is 6.92 Å². The molecule has 2 rings (SSSR count). The maximum absolute atomic E-state index is 11.3. The van der Waals surface area contributed by atoms with E-state index in [9.17, 15) is 4.79 Å². The summed E-state index contributed by atoms with van der Waals surface area (Å²) in [7, 11) is 0. The number of aldehydes is 1. The van der Waals surface area contributed by atoms with Crippen molar-refractivity contribution in [1.29, 1.82) is 0 Å². The van der Waals surface area contributed by atoms with Gasteiger partial charge in [0, 0.05) is 4.90 Å². The van der Waals surface area contributed by atoms with E-state index < -0.39 is 0 Å². The lowest BCUT2D eigenvalue weighted by atomic mass is 9.92. The zero-order chi connectivity index (χ0) is 13.0. The van der Waals surface area contributed by atoms with Crippen LogP contribution in [0.2, 0.25) is 0 Å². The molecule has 0 fully saturated rings. The molecule has 18 heavy (non-hydrogen) atoms. The number of aryl methyl sites for hydroxylation is 1. The molecule has 0 heterocycles. The van der Waals surface area contributed by atoms with Gasteiger partial charge in [0.05, 0.1) is 5.92 Å². The van der Waals surface area contributed by atoms with Crippen LogP contribution in [0.4, 0.5) is 0 Å². The van der Waals surface area contributed by atoms with Gasteiger partial charge in [0.25, 0.3) is 0 Å². The van der Waals surface area contributed by atoms with Crippen LogP contribution < -0.4 is 0 Å². The van der Waals surface area contributed by atoms with E-state index in [2.05, 4.69) is 12.1 Å². The highest BCUT2D eigenvalue weighted by Gasteiger charge is 2.12. The summed E-state index contributed by atoms with van der Waals surface area (Å²) in [5.41, 5.74) is 3.31. The monoisotopic (exact) mass is 256 g/mol. The van der Waals surface area contributed by atoms with Crippen molar-refractivity contribution in [2.24, 2.45) is 0 Å². The summed E-state index contributed by atoms with van der Waals surface area (Å²) in [6.45, 7) is 2.05. The van der Waals surface area contributed by atoms with Crippen molar-refractivity contribution in [3.05, 3.63) is 65.2 Å². The molecule has 0 aliphatic carbocycles. The zero-order valence-corrected chi connectivity index (χ0v) is 11.4. The summed E-state index contributed by atoms with van der Waals surface area (Å²) in [6.07, 6.45) is 3.06. The van der Waals surface area contributed by atoms with Crippen LogP contribution in [0.25, 0.3) is 0 Å². The van der Waals surface area contributed by atoms with Crippen molar-refractivity contribution in [1.82, 2.24) is 0 Å². The molecule has 0 aromatic heterocycles. The third-order valence-electron chi connectivity index (χ3n) is 3.05. The first kappa shape index (κ1) is 12.9. The molecule has 0 radical (unpaired) electrons. The van der Waals surface area contributed by atoms with Crippen LogP contribution in [0.1, 0.15) is 22.6 Å². The highest BCUT2D eigenvalue weighted by Crippen LogP contribution is 2.25. The Morgan fingerprint density at radius 1 is 0.944 bits per heavy atom. The maximum atomic E-state index is 11.3. The standard InChI is InChI=1S/C16H16OS/c1-12-3-5-13(6-4-12)16(11-17)14-7-9-15(18-2)10-8-14/h3-11,16H,1-2H3. The summed E-state index contributed by atoms with van der Waals surface area (Å²) >= 11 is 1.71. The minimum Gasteiger partial charge on any atom is -0.302 e. The van der Waals surface area contributed by atoms with Gasteiger partial charge in [0.2, 0.25) is 0 Å². The summed E-state index contributed by atoms with van der Waals surface area (Å²) in [4.78, 5) is 12.6. The van der Waals surface area contributed by atoms with Gasteiger partial charge in [-0.25, -0.2) is 0 Å². The number of carbonyl (C=O) groups is 1. The number of carbonyl (C=O) groups excluding carboxylic acids is 1. The lowest BCUT2D eigenvalue weighted by Crippen LogP contribution is -2.02. The Morgan fingerprint density at radius 3 is 1.89 bits per heavy atom. The largest absolute Gasteiger partial charge is 0.302 e. The summed E-state index contributed by atoms with van der Waals surface area (Å²) < 4.78 is 0. The van der Waals surface area contributed by atoms with E-state index in [1.54, 1.807) is 11.8 Å². The van der Waals surface area contributed by atoms with Gasteiger partial charge in [0.15, 0.2) is 0 Å². The molecule has 0 spiro atoms. The molecule has 0 aliphatic rings. The molecule has 92 valence electrons. The molecule has 0 saturated heterocycles. The van der Waals surface area contributed by atoms with Crippen molar-refractivity contribution in [2.75, 3.05) is 6.26 Å². The van der Waals surface area contributed by atoms with E-state index in [1.165, 1.54) is 10.5 Å². The SMILES string of the molecule is CSc1ccc(C(C=O)c2ccc(C)cc2)cc1. The molecule has 0 saturated carbocycles. The second kappa shape index (κ2) is 5.87. The Balaban J connectivity index is 2.32. The van der Waals surface area contributed by atoms with Crippen molar-refractivity contribution < 1.29 is 4.79 Å². The summed E-state index contributed by atoms with van der Waals surface area (Å²) in [5, 5.41) is 0. The third kappa shape index (κ3) is 2.82. The molecule has 0 aliphatic heterocycles. The third-order valence-corrected chi connectivity index (χ3v) is 3.79. The lowest BCUT2D eigenvalue weighted by Gasteiger charge is -2.12. The van der Waals surface area contributed by atoms with Crippen molar-refractivity contribution in [2.45, 2.75) is 17.7 Å². The number of thioether (sulfide) groups is 1. The average Bonchev–Trinajstić information content (AvgIpc) is 2.42. The van der Waals surface area contributed by atoms with Crippen LogP contribution >= 0.6 is 11.8 Å². The van der Waals surface area contributed by atoms with Gasteiger partial charge >= 0.3 is 0 Å². The second-order valence-corrected chi connectivity index (χ2v) is 5.18. The lowest BCUT2D eigenvalue weighted by molar-refractivity contribution is -0.108. The molecule has 0 bridgehead atoms. The predicted octanol–water partition coefficient (Wildman–Crippen LogP) is 4.05. The molecule has 0 N–H and O–H groups in total. The molecule has 1 unspecified atom stereocenters. The average molecular weight is 256 g/mol. The number of hydrogen-bond acceptors (Lipinski definition) is 2. The van der Waals surface area contributed by atoms with E-state index in [0.29, 0.717) is 0 Å². The van der Waals surface area contributed by atoms with Gasteiger partial charge in [-0.2, -0.15) is 0 Å². The number of rotatable bonds is 4. The smallest absolute Gasteiger partial charge is 0.131 e. The maximum Gasteiger partial charge on any atom is 0.131 e. The molecule has 2 aromatic rings. The van der Waals surface area contributed by atoms with E-state index in [0.717, 1.165) is 17.4 Å². The Bertz CT molecular complexity index is 514. The molecule has 2 aromatic carbocycles. The Labute approximate surface area is 112 Å². The van der Waals surface area contributed by atoms with Crippen LogP contribution in [-0.4, -0.2) is 12.5 Å². The van der Waals surface area contributed by atoms with Crippen molar-refractivity contribution in [3.8, 4) is 0 Å². The highest BCUT2D eigenvalue weighted by atomic mass is 32.2. The van der Waals surface area contributed by atoms with Crippen LogP contribution in [0.15, 0.2) is 53.4 Å². The van der Waals surface area contributed by atoms with Gasteiger partial charge in [-0.1, -0.05) is 42.0 Å². The van der Waals surface area contributed by atoms with E-state index in [-0.39, 0.29) is 5.92 Å². The summed E-state index contributed by atoms with van der Waals surface area (Å²) in [5.74, 6) is -0.165. The minimum atomic E-state index is -0.165. The first-order valence-corrected chi connectivity index (χ1v) is 7.13. The molecule has 0 amide bonds. The second-order valence-electron chi connectivity index (χ2n) is 4.30. The van der Waals surface area contributed by atoms with Crippen molar-refractivity contribution >= 4 is 18.0 Å². The van der Waals surface area contributed by atoms with E-state index >= 15 is 0 Å². The van der Waals surface area contributed by atoms with Crippen LogP contribution in [0.3, 0.4) is 0 Å². The van der Waals surface area contributed by atoms with Crippen molar-refractivity contribution in [3.63, 3.8) is 0 Å². The molecule has 1 nitrogen and oxygen atoms in total. The number of benzene rings is 2. The Kier molecular flexibility index (Phi) is 4.21. The van der Waals surface area contributed by atoms with Crippen LogP contribution in [-0.2, 0) is 4.79 Å². The van der Waals surface area contributed by atoms with Gasteiger partial charge in [-0.05, 0) is 36.4 Å². The molecular weight excluding hydrogens is 240 g/mol. The minimum absolute atomic E-state index is 0.165. The van der Waals surface area contributed by atoms with Gasteiger partial charge < -0.3 is 4.79 Å². The van der Waals surface area contributed by atoms with Gasteiger partial charge in [-0.3, -0.25) is 0 Å². The van der Waals surface area contributed by atoms with E-state index in [1.807, 2.05) is 49.6 Å². The fourth-order valence-corrected chi connectivity index (χ4v) is 2.34. The molecule has 2 heteroatoms. The first-order valence-electron chi connectivity index (χ1n) is 5.90. The topological polar surface area (TPSA) is 17.1 Å². The summed E-state index contributed by atoms with van der Waals surface area (Å²) in [6, 6.07) is 16.3. The molecule has 1 atom stereocenters. The highest BCUT2D eigenvalue weighted by molar-refractivity contribution is 7.98. The fourth-order valence-electron chi connectivity index (χ4n) is 1.93. The van der Waals surface area contributed by atoms with Crippen LogP contribution in [0.5, 0.6) is 0 Å². The fraction of sp³-hybridized carbons (Fsp3) is 0.188. The van der Waals surface area contributed by atoms with Gasteiger partial charge in [0.1, 0.15) is 6.29 Å². The first-order chi connectivity index (χ1) is 8.74. The quantitative estimate of drug-likeness (QED) is 0.606. The van der Waals surface area contributed by atoms with E-state index in [4.69, 9.17) is 0 Å². The Morgan fingerprint density at radius 2 is 1.44 bits per heavy atom. The zero-order valence-electron chi connectivity index (χ0n) is 10.6. The Hall–Kier alpha value is -1.54.